The first kappa shape index (κ1) is 13.9. The van der Waals surface area contributed by atoms with Gasteiger partial charge in [-0.15, -0.1) is 0 Å². The van der Waals surface area contributed by atoms with Crippen molar-refractivity contribution in [2.45, 2.75) is 25.6 Å². The monoisotopic (exact) mass is 306 g/mol. The molecule has 0 spiro atoms. The lowest BCUT2D eigenvalue weighted by Gasteiger charge is -2.30. The Bertz CT molecular complexity index is 759. The van der Waals surface area contributed by atoms with Crippen LogP contribution >= 0.6 is 0 Å². The molecule has 0 radical (unpaired) electrons. The van der Waals surface area contributed by atoms with E-state index in [1.54, 1.807) is 5.01 Å². The maximum Gasteiger partial charge on any atom is 0.250 e. The van der Waals surface area contributed by atoms with Gasteiger partial charge in [-0.2, -0.15) is 5.11 Å². The fourth-order valence-electron chi connectivity index (χ4n) is 3.28. The molecule has 2 aliphatic rings. The summed E-state index contributed by atoms with van der Waals surface area (Å²) >= 11 is 0. The number of rotatable bonds is 2. The van der Waals surface area contributed by atoms with E-state index in [2.05, 4.69) is 35.5 Å². The number of carbonyl (C=O) groups excluding carboxylic acids is 1. The molecular weight excluding hydrogens is 288 g/mol. The number of fused-ring (bicyclic) bond motifs is 3. The lowest BCUT2D eigenvalue weighted by molar-refractivity contribution is -0.134. The normalized spacial score (nSPS) is 20.9. The molecule has 1 amide bonds. The molecule has 2 aliphatic heterocycles. The Balaban J connectivity index is 1.76. The minimum atomic E-state index is -0.329. The predicted molar refractivity (Wildman–Crippen MR) is 87.8 cm³/mol. The quantitative estimate of drug-likeness (QED) is 0.854. The summed E-state index contributed by atoms with van der Waals surface area (Å²) in [5.41, 5.74) is 3.22. The van der Waals surface area contributed by atoms with Crippen LogP contribution in [-0.4, -0.2) is 23.4 Å². The summed E-state index contributed by atoms with van der Waals surface area (Å²) in [6.07, 6.45) is 0. The van der Waals surface area contributed by atoms with Crippen LogP contribution in [0.2, 0.25) is 0 Å². The van der Waals surface area contributed by atoms with E-state index in [0.29, 0.717) is 13.1 Å². The van der Waals surface area contributed by atoms with E-state index in [1.165, 1.54) is 0 Å². The Kier molecular flexibility index (Phi) is 3.33. The van der Waals surface area contributed by atoms with Gasteiger partial charge in [-0.3, -0.25) is 4.79 Å². The molecule has 0 N–H and O–H groups in total. The molecule has 5 nitrogen and oxygen atoms in total. The van der Waals surface area contributed by atoms with E-state index in [0.717, 1.165) is 16.8 Å². The van der Waals surface area contributed by atoms with Gasteiger partial charge in [0.25, 0.3) is 0 Å². The highest BCUT2D eigenvalue weighted by atomic mass is 16.2. The van der Waals surface area contributed by atoms with Crippen molar-refractivity contribution in [1.29, 1.82) is 0 Å². The number of nitrogens with zero attached hydrogens (tertiary/aromatic N) is 4. The summed E-state index contributed by atoms with van der Waals surface area (Å²) in [6, 6.07) is 17.9. The van der Waals surface area contributed by atoms with Gasteiger partial charge in [0.05, 0.1) is 18.3 Å². The van der Waals surface area contributed by atoms with Crippen molar-refractivity contribution < 1.29 is 4.79 Å². The van der Waals surface area contributed by atoms with Crippen LogP contribution in [0.25, 0.3) is 0 Å². The van der Waals surface area contributed by atoms with E-state index >= 15 is 0 Å². The molecule has 0 fully saturated rings. The van der Waals surface area contributed by atoms with E-state index in [-0.39, 0.29) is 18.0 Å². The third-order valence-corrected chi connectivity index (χ3v) is 4.61. The number of hydrogen-bond donors (Lipinski definition) is 0. The summed E-state index contributed by atoms with van der Waals surface area (Å²) in [7, 11) is 0. The van der Waals surface area contributed by atoms with Gasteiger partial charge in [0.15, 0.2) is 6.04 Å². The minimum absolute atomic E-state index is 0.0114. The van der Waals surface area contributed by atoms with Crippen molar-refractivity contribution in [3.63, 3.8) is 0 Å². The first-order valence-electron chi connectivity index (χ1n) is 7.85. The van der Waals surface area contributed by atoms with Crippen LogP contribution in [-0.2, 0) is 11.3 Å². The molecule has 0 unspecified atom stereocenters. The highest BCUT2D eigenvalue weighted by Crippen LogP contribution is 2.34. The predicted octanol–water partition coefficient (Wildman–Crippen LogP) is 3.35. The van der Waals surface area contributed by atoms with E-state index in [4.69, 9.17) is 0 Å². The Morgan fingerprint density at radius 3 is 2.65 bits per heavy atom. The Hall–Kier alpha value is -2.69. The van der Waals surface area contributed by atoms with Gasteiger partial charge in [-0.25, -0.2) is 5.01 Å². The topological polar surface area (TPSA) is 48.3 Å². The lowest BCUT2D eigenvalue weighted by Crippen LogP contribution is -2.44. The fraction of sp³-hybridized carbons (Fsp3) is 0.278. The maximum atomic E-state index is 13.1. The first-order chi connectivity index (χ1) is 11.3. The van der Waals surface area contributed by atoms with E-state index in [1.807, 2.05) is 41.3 Å². The average Bonchev–Trinajstić information content (AvgIpc) is 3.05. The van der Waals surface area contributed by atoms with Gasteiger partial charge in [0.2, 0.25) is 5.91 Å². The molecule has 0 bridgehead atoms. The zero-order valence-electron chi connectivity index (χ0n) is 13.0. The summed E-state index contributed by atoms with van der Waals surface area (Å²) in [6.45, 7) is 3.09. The van der Waals surface area contributed by atoms with Gasteiger partial charge >= 0.3 is 0 Å². The number of benzene rings is 2. The summed E-state index contributed by atoms with van der Waals surface area (Å²) in [5.74, 6) is 0.0857. The molecule has 2 aromatic carbocycles. The summed E-state index contributed by atoms with van der Waals surface area (Å²) in [4.78, 5) is 15.0. The number of para-hydroxylation sites is 1. The number of anilines is 1. The fourth-order valence-corrected chi connectivity index (χ4v) is 3.28. The van der Waals surface area contributed by atoms with Gasteiger partial charge < -0.3 is 4.90 Å². The molecule has 0 aromatic heterocycles. The summed E-state index contributed by atoms with van der Waals surface area (Å²) in [5, 5.41) is 10.0. The number of amides is 1. The molecule has 0 saturated heterocycles. The molecule has 0 aliphatic carbocycles. The molecule has 116 valence electrons. The summed E-state index contributed by atoms with van der Waals surface area (Å²) < 4.78 is 0. The van der Waals surface area contributed by atoms with Crippen molar-refractivity contribution in [2.75, 3.05) is 11.6 Å². The van der Waals surface area contributed by atoms with Crippen LogP contribution in [0.5, 0.6) is 0 Å². The van der Waals surface area contributed by atoms with Crippen LogP contribution in [0.4, 0.5) is 5.69 Å². The van der Waals surface area contributed by atoms with Gasteiger partial charge in [-0.1, -0.05) is 53.8 Å². The molecule has 5 heteroatoms. The van der Waals surface area contributed by atoms with Gasteiger partial charge in [0.1, 0.15) is 0 Å². The molecule has 2 atom stereocenters. The minimum Gasteiger partial charge on any atom is -0.330 e. The van der Waals surface area contributed by atoms with Crippen molar-refractivity contribution in [3.8, 4) is 0 Å². The zero-order chi connectivity index (χ0) is 15.8. The molecule has 2 aromatic rings. The largest absolute Gasteiger partial charge is 0.330 e. The van der Waals surface area contributed by atoms with Crippen LogP contribution in [0.15, 0.2) is 64.9 Å². The third-order valence-electron chi connectivity index (χ3n) is 4.61. The van der Waals surface area contributed by atoms with Gasteiger partial charge in [-0.05, 0) is 24.1 Å². The van der Waals surface area contributed by atoms with E-state index in [9.17, 15) is 4.79 Å². The molecule has 2 heterocycles. The molecule has 4 rings (SSSR count). The van der Waals surface area contributed by atoms with Crippen molar-refractivity contribution in [2.24, 2.45) is 10.3 Å². The Morgan fingerprint density at radius 2 is 1.83 bits per heavy atom. The Morgan fingerprint density at radius 1 is 1.09 bits per heavy atom. The van der Waals surface area contributed by atoms with Crippen molar-refractivity contribution in [1.82, 2.24) is 4.90 Å². The second-order valence-corrected chi connectivity index (χ2v) is 5.96. The highest BCUT2D eigenvalue weighted by Gasteiger charge is 2.39. The smallest absolute Gasteiger partial charge is 0.250 e. The highest BCUT2D eigenvalue weighted by molar-refractivity contribution is 5.88. The second kappa shape index (κ2) is 5.50. The molecule has 23 heavy (non-hydrogen) atoms. The van der Waals surface area contributed by atoms with Crippen molar-refractivity contribution >= 4 is 11.6 Å². The van der Waals surface area contributed by atoms with E-state index < -0.39 is 0 Å². The van der Waals surface area contributed by atoms with Crippen LogP contribution in [0.3, 0.4) is 0 Å². The van der Waals surface area contributed by atoms with Crippen LogP contribution < -0.4 is 5.01 Å². The number of hydrogen-bond acceptors (Lipinski definition) is 4. The Labute approximate surface area is 135 Å². The lowest BCUT2D eigenvalue weighted by atomic mass is 10.1. The maximum absolute atomic E-state index is 13.1. The second-order valence-electron chi connectivity index (χ2n) is 5.96. The molecule has 0 saturated carbocycles. The zero-order valence-corrected chi connectivity index (χ0v) is 13.0. The first-order valence-corrected chi connectivity index (χ1v) is 7.85. The third kappa shape index (κ3) is 2.29. The number of carbonyl (C=O) groups is 1. The van der Waals surface area contributed by atoms with Crippen LogP contribution in [0.1, 0.15) is 24.1 Å². The SMILES string of the molecule is C[C@@H](c1ccccc1)N1Cc2ccccc2N2N=NC[C@@H]2C1=O. The standard InChI is InChI=1S/C18H18N4O/c1-13(14-7-3-2-4-8-14)21-12-15-9-5-6-10-16(15)22-17(18(21)23)11-19-20-22/h2-10,13,17H,11-12H2,1H3/t13-,17+/m0/s1. The average molecular weight is 306 g/mol. The van der Waals surface area contributed by atoms with Gasteiger partial charge in [0, 0.05) is 6.54 Å². The van der Waals surface area contributed by atoms with Crippen molar-refractivity contribution in [3.05, 3.63) is 65.7 Å². The van der Waals surface area contributed by atoms with Crippen LogP contribution in [0, 0.1) is 0 Å². The molecular formula is C18H18N4O.